The molecule has 0 unspecified atom stereocenters. The number of nitrogens with two attached hydrogens (primary N) is 1. The second kappa shape index (κ2) is 7.09. The molecule has 0 spiro atoms. The summed E-state index contributed by atoms with van der Waals surface area (Å²) in [6.45, 7) is 0.524. The number of rotatable bonds is 5. The number of benzene rings is 2. The standard InChI is InChI=1S/C21H20N4O2/c1-26-17-4-3-5-18(27-2)19(17)20-15-10-11-16(23-21(15)25-24-20)14-8-6-13(12-22)7-9-14/h3-11H,12,22H2,1-2H3,(H,23,24,25). The molecule has 0 bridgehead atoms. The van der Waals surface area contributed by atoms with E-state index in [9.17, 15) is 0 Å². The average Bonchev–Trinajstić information content (AvgIpc) is 3.16. The van der Waals surface area contributed by atoms with Crippen molar-refractivity contribution < 1.29 is 9.47 Å². The lowest BCUT2D eigenvalue weighted by molar-refractivity contribution is 0.397. The normalized spacial score (nSPS) is 10.9. The minimum Gasteiger partial charge on any atom is -0.496 e. The van der Waals surface area contributed by atoms with Crippen LogP contribution < -0.4 is 15.2 Å². The van der Waals surface area contributed by atoms with Gasteiger partial charge in [-0.25, -0.2) is 4.98 Å². The molecule has 4 rings (SSSR count). The Kier molecular flexibility index (Phi) is 4.48. The number of nitrogens with zero attached hydrogens (tertiary/aromatic N) is 2. The first-order chi connectivity index (χ1) is 13.2. The van der Waals surface area contributed by atoms with E-state index in [1.165, 1.54) is 0 Å². The molecule has 136 valence electrons. The van der Waals surface area contributed by atoms with Gasteiger partial charge in [-0.15, -0.1) is 0 Å². The Morgan fingerprint density at radius 2 is 1.63 bits per heavy atom. The lowest BCUT2D eigenvalue weighted by Gasteiger charge is -2.11. The predicted octanol–water partition coefficient (Wildman–Crippen LogP) is 3.77. The van der Waals surface area contributed by atoms with Crippen LogP contribution >= 0.6 is 0 Å². The maximum Gasteiger partial charge on any atom is 0.182 e. The predicted molar refractivity (Wildman–Crippen MR) is 106 cm³/mol. The number of methoxy groups -OCH3 is 2. The Labute approximate surface area is 157 Å². The summed E-state index contributed by atoms with van der Waals surface area (Å²) in [5.74, 6) is 1.42. The van der Waals surface area contributed by atoms with Gasteiger partial charge in [0.1, 0.15) is 11.5 Å². The Morgan fingerprint density at radius 1 is 0.926 bits per heavy atom. The molecule has 0 saturated carbocycles. The number of nitrogens with one attached hydrogen (secondary N) is 1. The van der Waals surface area contributed by atoms with Crippen molar-refractivity contribution >= 4 is 11.0 Å². The van der Waals surface area contributed by atoms with Gasteiger partial charge in [-0.1, -0.05) is 30.3 Å². The lowest BCUT2D eigenvalue weighted by Crippen LogP contribution is -1.95. The van der Waals surface area contributed by atoms with Crippen LogP contribution in [0.1, 0.15) is 5.56 Å². The molecule has 4 aromatic rings. The zero-order valence-corrected chi connectivity index (χ0v) is 15.2. The topological polar surface area (TPSA) is 86.0 Å². The molecule has 0 aliphatic rings. The highest BCUT2D eigenvalue weighted by molar-refractivity contribution is 5.95. The number of fused-ring (bicyclic) bond motifs is 1. The van der Waals surface area contributed by atoms with E-state index in [1.807, 2.05) is 54.6 Å². The van der Waals surface area contributed by atoms with Crippen LogP contribution in [-0.2, 0) is 6.54 Å². The molecule has 2 aromatic heterocycles. The molecular formula is C21H20N4O2. The molecular weight excluding hydrogens is 340 g/mol. The zero-order chi connectivity index (χ0) is 18.8. The monoisotopic (exact) mass is 360 g/mol. The van der Waals surface area contributed by atoms with E-state index in [2.05, 4.69) is 10.2 Å². The molecule has 0 fully saturated rings. The molecule has 6 nitrogen and oxygen atoms in total. The van der Waals surface area contributed by atoms with E-state index in [-0.39, 0.29) is 0 Å². The van der Waals surface area contributed by atoms with Gasteiger partial charge in [-0.05, 0) is 29.8 Å². The Morgan fingerprint density at radius 3 is 2.26 bits per heavy atom. The fraction of sp³-hybridized carbons (Fsp3) is 0.143. The summed E-state index contributed by atoms with van der Waals surface area (Å²) >= 11 is 0. The quantitative estimate of drug-likeness (QED) is 0.566. The van der Waals surface area contributed by atoms with Crippen LogP contribution in [0.3, 0.4) is 0 Å². The SMILES string of the molecule is COc1cccc(OC)c1-c1[nH]nc2nc(-c3ccc(CN)cc3)ccc12. The van der Waals surface area contributed by atoms with Gasteiger partial charge in [-0.2, -0.15) is 5.10 Å². The molecule has 0 atom stereocenters. The third-order valence-electron chi connectivity index (χ3n) is 4.58. The third-order valence-corrected chi connectivity index (χ3v) is 4.58. The molecule has 3 N–H and O–H groups in total. The second-order valence-electron chi connectivity index (χ2n) is 6.10. The van der Waals surface area contributed by atoms with Crippen molar-refractivity contribution in [3.63, 3.8) is 0 Å². The molecule has 0 aliphatic carbocycles. The van der Waals surface area contributed by atoms with Crippen molar-refractivity contribution in [2.24, 2.45) is 5.73 Å². The minimum absolute atomic E-state index is 0.524. The molecule has 0 amide bonds. The van der Waals surface area contributed by atoms with Gasteiger partial charge in [0.15, 0.2) is 5.65 Å². The first-order valence-corrected chi connectivity index (χ1v) is 8.61. The largest absolute Gasteiger partial charge is 0.496 e. The molecule has 0 aliphatic heterocycles. The summed E-state index contributed by atoms with van der Waals surface area (Å²) in [5, 5.41) is 8.39. The Hall–Kier alpha value is -3.38. The van der Waals surface area contributed by atoms with E-state index < -0.39 is 0 Å². The van der Waals surface area contributed by atoms with Gasteiger partial charge in [0.2, 0.25) is 0 Å². The van der Waals surface area contributed by atoms with E-state index in [4.69, 9.17) is 20.2 Å². The molecule has 0 saturated heterocycles. The van der Waals surface area contributed by atoms with Crippen LogP contribution in [0.4, 0.5) is 0 Å². The highest BCUT2D eigenvalue weighted by Gasteiger charge is 2.18. The average molecular weight is 360 g/mol. The smallest absolute Gasteiger partial charge is 0.182 e. The van der Waals surface area contributed by atoms with E-state index in [0.29, 0.717) is 23.7 Å². The van der Waals surface area contributed by atoms with Gasteiger partial charge in [0.25, 0.3) is 0 Å². The summed E-state index contributed by atoms with van der Waals surface area (Å²) in [6.07, 6.45) is 0. The molecule has 2 heterocycles. The summed E-state index contributed by atoms with van der Waals surface area (Å²) in [7, 11) is 3.27. The maximum absolute atomic E-state index is 5.67. The van der Waals surface area contributed by atoms with E-state index in [0.717, 1.165) is 33.5 Å². The van der Waals surface area contributed by atoms with Gasteiger partial charge in [0, 0.05) is 17.5 Å². The third kappa shape index (κ3) is 3.00. The summed E-state index contributed by atoms with van der Waals surface area (Å²) in [6, 6.07) is 17.7. The summed E-state index contributed by atoms with van der Waals surface area (Å²) < 4.78 is 11.0. The van der Waals surface area contributed by atoms with Crippen molar-refractivity contribution in [3.05, 3.63) is 60.2 Å². The van der Waals surface area contributed by atoms with E-state index >= 15 is 0 Å². The van der Waals surface area contributed by atoms with Crippen LogP contribution in [0.25, 0.3) is 33.5 Å². The number of aromatic amines is 1. The first kappa shape index (κ1) is 17.1. The van der Waals surface area contributed by atoms with Gasteiger partial charge in [0.05, 0.1) is 31.2 Å². The Balaban J connectivity index is 1.82. The van der Waals surface area contributed by atoms with Crippen molar-refractivity contribution in [2.75, 3.05) is 14.2 Å². The number of hydrogen-bond donors (Lipinski definition) is 2. The molecule has 6 heteroatoms. The summed E-state index contributed by atoms with van der Waals surface area (Å²) in [5.41, 5.74) is 10.9. The fourth-order valence-electron chi connectivity index (χ4n) is 3.16. The van der Waals surface area contributed by atoms with Crippen LogP contribution in [0, 0.1) is 0 Å². The molecule has 0 radical (unpaired) electrons. The van der Waals surface area contributed by atoms with Crippen LogP contribution in [0.2, 0.25) is 0 Å². The fourth-order valence-corrected chi connectivity index (χ4v) is 3.16. The number of pyridine rings is 1. The number of H-pyrrole nitrogens is 1. The highest BCUT2D eigenvalue weighted by Crippen LogP contribution is 2.40. The second-order valence-corrected chi connectivity index (χ2v) is 6.10. The van der Waals surface area contributed by atoms with Crippen molar-refractivity contribution in [1.29, 1.82) is 0 Å². The maximum atomic E-state index is 5.67. The molecule has 2 aromatic carbocycles. The van der Waals surface area contributed by atoms with Crippen molar-refractivity contribution in [3.8, 4) is 34.0 Å². The molecule has 27 heavy (non-hydrogen) atoms. The van der Waals surface area contributed by atoms with Crippen molar-refractivity contribution in [2.45, 2.75) is 6.54 Å². The first-order valence-electron chi connectivity index (χ1n) is 8.61. The Bertz CT molecular complexity index is 1060. The van der Waals surface area contributed by atoms with Crippen LogP contribution in [0.15, 0.2) is 54.6 Å². The van der Waals surface area contributed by atoms with Gasteiger partial charge >= 0.3 is 0 Å². The van der Waals surface area contributed by atoms with Gasteiger partial charge in [-0.3, -0.25) is 5.10 Å². The number of aromatic nitrogens is 3. The zero-order valence-electron chi connectivity index (χ0n) is 15.2. The number of hydrogen-bond acceptors (Lipinski definition) is 5. The van der Waals surface area contributed by atoms with Crippen molar-refractivity contribution in [1.82, 2.24) is 15.2 Å². The van der Waals surface area contributed by atoms with Gasteiger partial charge < -0.3 is 15.2 Å². The van der Waals surface area contributed by atoms with Crippen LogP contribution in [0.5, 0.6) is 11.5 Å². The lowest BCUT2D eigenvalue weighted by atomic mass is 10.0. The minimum atomic E-state index is 0.524. The number of ether oxygens (including phenoxy) is 2. The summed E-state index contributed by atoms with van der Waals surface area (Å²) in [4.78, 5) is 4.70. The van der Waals surface area contributed by atoms with Crippen LogP contribution in [-0.4, -0.2) is 29.4 Å². The van der Waals surface area contributed by atoms with E-state index in [1.54, 1.807) is 14.2 Å². The highest BCUT2D eigenvalue weighted by atomic mass is 16.5.